The van der Waals surface area contributed by atoms with Gasteiger partial charge in [0, 0.05) is 28.5 Å². The SMILES string of the molecule is Clc1ccc(Cl)c(CNCc2cscn2)c1. The largest absolute Gasteiger partial charge is 0.307 e. The van der Waals surface area contributed by atoms with Crippen LogP contribution in [0.2, 0.25) is 10.0 Å². The van der Waals surface area contributed by atoms with Crippen LogP contribution in [0.4, 0.5) is 0 Å². The fraction of sp³-hybridized carbons (Fsp3) is 0.182. The van der Waals surface area contributed by atoms with Gasteiger partial charge in [-0.2, -0.15) is 0 Å². The minimum Gasteiger partial charge on any atom is -0.307 e. The summed E-state index contributed by atoms with van der Waals surface area (Å²) in [6, 6.07) is 5.47. The average molecular weight is 273 g/mol. The molecule has 84 valence electrons. The summed E-state index contributed by atoms with van der Waals surface area (Å²) in [4.78, 5) is 4.18. The fourth-order valence-corrected chi connectivity index (χ4v) is 2.27. The van der Waals surface area contributed by atoms with Crippen LogP contribution in [0, 0.1) is 0 Å². The molecule has 1 aromatic heterocycles. The number of benzene rings is 1. The van der Waals surface area contributed by atoms with Crippen molar-refractivity contribution >= 4 is 34.5 Å². The van der Waals surface area contributed by atoms with Gasteiger partial charge in [0.2, 0.25) is 0 Å². The van der Waals surface area contributed by atoms with Gasteiger partial charge in [0.05, 0.1) is 11.2 Å². The first-order valence-electron chi connectivity index (χ1n) is 4.77. The second-order valence-electron chi connectivity index (χ2n) is 3.32. The first-order valence-corrected chi connectivity index (χ1v) is 6.47. The zero-order valence-electron chi connectivity index (χ0n) is 8.41. The van der Waals surface area contributed by atoms with E-state index in [-0.39, 0.29) is 0 Å². The van der Waals surface area contributed by atoms with Gasteiger partial charge in [-0.1, -0.05) is 23.2 Å². The Morgan fingerprint density at radius 2 is 2.12 bits per heavy atom. The third kappa shape index (κ3) is 3.19. The smallest absolute Gasteiger partial charge is 0.0795 e. The molecule has 0 atom stereocenters. The van der Waals surface area contributed by atoms with Crippen molar-refractivity contribution < 1.29 is 0 Å². The Morgan fingerprint density at radius 3 is 2.88 bits per heavy atom. The molecule has 16 heavy (non-hydrogen) atoms. The molecular weight excluding hydrogens is 263 g/mol. The molecule has 0 fully saturated rings. The van der Waals surface area contributed by atoms with Crippen LogP contribution in [0.5, 0.6) is 0 Å². The summed E-state index contributed by atoms with van der Waals surface area (Å²) in [6.07, 6.45) is 0. The van der Waals surface area contributed by atoms with E-state index in [1.54, 1.807) is 17.4 Å². The molecule has 0 unspecified atom stereocenters. The van der Waals surface area contributed by atoms with Crippen molar-refractivity contribution in [2.45, 2.75) is 13.1 Å². The molecule has 0 aliphatic rings. The number of hydrogen-bond donors (Lipinski definition) is 1. The van der Waals surface area contributed by atoms with Crippen molar-refractivity contribution in [2.24, 2.45) is 0 Å². The minimum absolute atomic E-state index is 0.691. The van der Waals surface area contributed by atoms with Crippen LogP contribution in [0.1, 0.15) is 11.3 Å². The van der Waals surface area contributed by atoms with Crippen LogP contribution in [0.15, 0.2) is 29.1 Å². The first kappa shape index (κ1) is 11.9. The van der Waals surface area contributed by atoms with Gasteiger partial charge in [0.1, 0.15) is 0 Å². The highest BCUT2D eigenvalue weighted by Crippen LogP contribution is 2.20. The Hall–Kier alpha value is -0.610. The fourth-order valence-electron chi connectivity index (χ4n) is 1.33. The Labute approximate surface area is 108 Å². The summed E-state index contributed by atoms with van der Waals surface area (Å²) in [6.45, 7) is 1.43. The van der Waals surface area contributed by atoms with Gasteiger partial charge in [0.15, 0.2) is 0 Å². The Bertz CT molecular complexity index is 457. The summed E-state index contributed by atoms with van der Waals surface area (Å²) in [7, 11) is 0. The van der Waals surface area contributed by atoms with Crippen molar-refractivity contribution in [3.8, 4) is 0 Å². The molecule has 0 aliphatic carbocycles. The number of aromatic nitrogens is 1. The van der Waals surface area contributed by atoms with Gasteiger partial charge in [-0.3, -0.25) is 0 Å². The van der Waals surface area contributed by atoms with Crippen LogP contribution in [-0.2, 0) is 13.1 Å². The topological polar surface area (TPSA) is 24.9 Å². The first-order chi connectivity index (χ1) is 7.75. The summed E-state index contributed by atoms with van der Waals surface area (Å²) in [5, 5.41) is 6.73. The Kier molecular flexibility index (Phi) is 4.18. The summed E-state index contributed by atoms with van der Waals surface area (Å²) >= 11 is 13.5. The molecule has 2 rings (SSSR count). The second kappa shape index (κ2) is 5.64. The van der Waals surface area contributed by atoms with E-state index in [2.05, 4.69) is 10.3 Å². The van der Waals surface area contributed by atoms with E-state index < -0.39 is 0 Å². The standard InChI is InChI=1S/C11H10Cl2N2S/c12-9-1-2-11(13)8(3-9)4-14-5-10-6-16-7-15-10/h1-3,6-7,14H,4-5H2. The molecule has 1 aromatic carbocycles. The van der Waals surface area contributed by atoms with Gasteiger partial charge >= 0.3 is 0 Å². The highest BCUT2D eigenvalue weighted by atomic mass is 35.5. The minimum atomic E-state index is 0.691. The van der Waals surface area contributed by atoms with Gasteiger partial charge in [-0.05, 0) is 23.8 Å². The van der Waals surface area contributed by atoms with Crippen LogP contribution in [0.25, 0.3) is 0 Å². The van der Waals surface area contributed by atoms with E-state index in [1.807, 2.05) is 23.0 Å². The highest BCUT2D eigenvalue weighted by molar-refractivity contribution is 7.07. The molecule has 0 aliphatic heterocycles. The van der Waals surface area contributed by atoms with Crippen LogP contribution in [-0.4, -0.2) is 4.98 Å². The van der Waals surface area contributed by atoms with Crippen LogP contribution in [0.3, 0.4) is 0 Å². The molecule has 0 saturated carbocycles. The number of hydrogen-bond acceptors (Lipinski definition) is 3. The van der Waals surface area contributed by atoms with E-state index in [0.717, 1.165) is 22.8 Å². The molecule has 0 radical (unpaired) electrons. The lowest BCUT2D eigenvalue weighted by Gasteiger charge is -2.05. The molecule has 0 amide bonds. The third-order valence-electron chi connectivity index (χ3n) is 2.11. The van der Waals surface area contributed by atoms with Crippen molar-refractivity contribution in [3.05, 3.63) is 50.4 Å². The molecule has 0 saturated heterocycles. The lowest BCUT2D eigenvalue weighted by molar-refractivity contribution is 0.683. The van der Waals surface area contributed by atoms with Crippen molar-refractivity contribution in [1.82, 2.24) is 10.3 Å². The predicted molar refractivity (Wildman–Crippen MR) is 69.1 cm³/mol. The molecule has 1 N–H and O–H groups in total. The molecule has 0 spiro atoms. The zero-order chi connectivity index (χ0) is 11.4. The van der Waals surface area contributed by atoms with E-state index >= 15 is 0 Å². The Balaban J connectivity index is 1.92. The highest BCUT2D eigenvalue weighted by Gasteiger charge is 2.01. The molecular formula is C11H10Cl2N2S. The van der Waals surface area contributed by atoms with Gasteiger partial charge in [0.25, 0.3) is 0 Å². The normalized spacial score (nSPS) is 10.6. The maximum Gasteiger partial charge on any atom is 0.0795 e. The van der Waals surface area contributed by atoms with E-state index in [0.29, 0.717) is 11.6 Å². The van der Waals surface area contributed by atoms with Crippen molar-refractivity contribution in [2.75, 3.05) is 0 Å². The number of halogens is 2. The summed E-state index contributed by atoms with van der Waals surface area (Å²) < 4.78 is 0. The molecule has 2 aromatic rings. The van der Waals surface area contributed by atoms with Crippen LogP contribution >= 0.6 is 34.5 Å². The monoisotopic (exact) mass is 272 g/mol. The maximum atomic E-state index is 6.04. The number of nitrogens with one attached hydrogen (secondary N) is 1. The summed E-state index contributed by atoms with van der Waals surface area (Å²) in [5.41, 5.74) is 3.87. The number of rotatable bonds is 4. The van der Waals surface area contributed by atoms with E-state index in [1.165, 1.54) is 0 Å². The lowest BCUT2D eigenvalue weighted by Crippen LogP contribution is -2.13. The van der Waals surface area contributed by atoms with E-state index in [4.69, 9.17) is 23.2 Å². The van der Waals surface area contributed by atoms with Gasteiger partial charge in [-0.15, -0.1) is 11.3 Å². The summed E-state index contributed by atoms with van der Waals surface area (Å²) in [5.74, 6) is 0. The quantitative estimate of drug-likeness (QED) is 0.917. The zero-order valence-corrected chi connectivity index (χ0v) is 10.7. The number of nitrogens with zero attached hydrogens (tertiary/aromatic N) is 1. The number of thiazole rings is 1. The van der Waals surface area contributed by atoms with Gasteiger partial charge in [-0.25, -0.2) is 4.98 Å². The van der Waals surface area contributed by atoms with Gasteiger partial charge < -0.3 is 5.32 Å². The maximum absolute atomic E-state index is 6.04. The van der Waals surface area contributed by atoms with Crippen molar-refractivity contribution in [3.63, 3.8) is 0 Å². The molecule has 5 heteroatoms. The Morgan fingerprint density at radius 1 is 1.25 bits per heavy atom. The second-order valence-corrected chi connectivity index (χ2v) is 4.88. The third-order valence-corrected chi connectivity index (χ3v) is 3.35. The predicted octanol–water partition coefficient (Wildman–Crippen LogP) is 3.74. The average Bonchev–Trinajstić information content (AvgIpc) is 2.76. The molecule has 1 heterocycles. The molecule has 2 nitrogen and oxygen atoms in total. The van der Waals surface area contributed by atoms with E-state index in [9.17, 15) is 0 Å². The molecule has 0 bridgehead atoms. The van der Waals surface area contributed by atoms with Crippen LogP contribution < -0.4 is 5.32 Å². The van der Waals surface area contributed by atoms with Crippen molar-refractivity contribution in [1.29, 1.82) is 0 Å². The lowest BCUT2D eigenvalue weighted by atomic mass is 10.2.